The van der Waals surface area contributed by atoms with E-state index < -0.39 is 11.7 Å². The zero-order valence-corrected chi connectivity index (χ0v) is 15.3. The lowest BCUT2D eigenvalue weighted by atomic mass is 9.95. The molecule has 0 unspecified atom stereocenters. The second-order valence-corrected chi connectivity index (χ2v) is 6.98. The van der Waals surface area contributed by atoms with Gasteiger partial charge in [0, 0.05) is 12.2 Å². The zero-order valence-electron chi connectivity index (χ0n) is 15.3. The standard InChI is InChI=1S/C21H21FN4O2/c22-15-10-4-5-11-16(15)24-21(28)19-25-18(17-12-6-7-13-26(17)19)20(27)23-14-8-2-1-3-9-14/h4-7,10-14H,1-3,8-9H2,(H,23,27)(H,24,28). The van der Waals surface area contributed by atoms with Crippen LogP contribution in [-0.2, 0) is 0 Å². The van der Waals surface area contributed by atoms with Gasteiger partial charge in [0.25, 0.3) is 11.8 Å². The fraction of sp³-hybridized carbons (Fsp3) is 0.286. The molecule has 6 nitrogen and oxygen atoms in total. The van der Waals surface area contributed by atoms with Gasteiger partial charge in [0.2, 0.25) is 5.82 Å². The fourth-order valence-corrected chi connectivity index (χ4v) is 3.61. The predicted octanol–water partition coefficient (Wildman–Crippen LogP) is 3.79. The van der Waals surface area contributed by atoms with Crippen LogP contribution in [0.5, 0.6) is 0 Å². The van der Waals surface area contributed by atoms with Crippen molar-refractivity contribution in [2.75, 3.05) is 5.32 Å². The molecule has 0 radical (unpaired) electrons. The average Bonchev–Trinajstić information content (AvgIpc) is 3.10. The second kappa shape index (κ2) is 7.80. The van der Waals surface area contributed by atoms with E-state index in [1.807, 2.05) is 0 Å². The summed E-state index contributed by atoms with van der Waals surface area (Å²) in [4.78, 5) is 29.8. The SMILES string of the molecule is O=C(NC1CCCCC1)c1nc(C(=O)Nc2ccccc2F)n2ccccc12. The van der Waals surface area contributed by atoms with Crippen LogP contribution in [0.3, 0.4) is 0 Å². The number of amides is 2. The molecule has 2 aromatic heterocycles. The molecular formula is C21H21FN4O2. The Morgan fingerprint density at radius 3 is 2.54 bits per heavy atom. The number of hydrogen-bond donors (Lipinski definition) is 2. The number of hydrogen-bond acceptors (Lipinski definition) is 3. The summed E-state index contributed by atoms with van der Waals surface area (Å²) < 4.78 is 15.4. The molecular weight excluding hydrogens is 359 g/mol. The maximum Gasteiger partial charge on any atom is 0.292 e. The number of fused-ring (bicyclic) bond motifs is 1. The molecule has 1 aliphatic carbocycles. The number of nitrogens with one attached hydrogen (secondary N) is 2. The molecule has 1 aliphatic rings. The van der Waals surface area contributed by atoms with Crippen LogP contribution in [0, 0.1) is 5.82 Å². The molecule has 2 heterocycles. The van der Waals surface area contributed by atoms with Gasteiger partial charge in [-0.15, -0.1) is 0 Å². The number of aromatic nitrogens is 2. The summed E-state index contributed by atoms with van der Waals surface area (Å²) in [6.07, 6.45) is 6.97. The summed E-state index contributed by atoms with van der Waals surface area (Å²) in [5, 5.41) is 5.56. The molecule has 4 rings (SSSR count). The largest absolute Gasteiger partial charge is 0.348 e. The van der Waals surface area contributed by atoms with E-state index in [0.717, 1.165) is 25.7 Å². The van der Waals surface area contributed by atoms with Gasteiger partial charge < -0.3 is 10.6 Å². The lowest BCUT2D eigenvalue weighted by molar-refractivity contribution is 0.0925. The summed E-state index contributed by atoms with van der Waals surface area (Å²) in [5.74, 6) is -1.37. The number of nitrogens with zero attached hydrogens (tertiary/aromatic N) is 2. The van der Waals surface area contributed by atoms with Crippen molar-refractivity contribution in [3.63, 3.8) is 0 Å². The summed E-state index contributed by atoms with van der Waals surface area (Å²) in [6, 6.07) is 11.3. The Kier molecular flexibility index (Phi) is 5.06. The molecule has 3 aromatic rings. The van der Waals surface area contributed by atoms with Crippen LogP contribution in [0.15, 0.2) is 48.7 Å². The van der Waals surface area contributed by atoms with E-state index in [1.165, 1.54) is 18.6 Å². The first-order valence-corrected chi connectivity index (χ1v) is 9.47. The Morgan fingerprint density at radius 1 is 1.00 bits per heavy atom. The molecule has 1 saturated carbocycles. The van der Waals surface area contributed by atoms with Gasteiger partial charge in [0.05, 0.1) is 11.2 Å². The maximum absolute atomic E-state index is 13.9. The third-order valence-electron chi connectivity index (χ3n) is 5.03. The van der Waals surface area contributed by atoms with Gasteiger partial charge in [-0.2, -0.15) is 0 Å². The Bertz CT molecular complexity index is 1020. The fourth-order valence-electron chi connectivity index (χ4n) is 3.61. The molecule has 1 fully saturated rings. The molecule has 1 aromatic carbocycles. The highest BCUT2D eigenvalue weighted by atomic mass is 19.1. The van der Waals surface area contributed by atoms with Crippen molar-refractivity contribution in [3.05, 3.63) is 66.0 Å². The molecule has 7 heteroatoms. The van der Waals surface area contributed by atoms with Crippen molar-refractivity contribution in [2.24, 2.45) is 0 Å². The molecule has 28 heavy (non-hydrogen) atoms. The first kappa shape index (κ1) is 18.2. The molecule has 0 aliphatic heterocycles. The van der Waals surface area contributed by atoms with Crippen molar-refractivity contribution < 1.29 is 14.0 Å². The Balaban J connectivity index is 1.63. The van der Waals surface area contributed by atoms with Gasteiger partial charge in [0.15, 0.2) is 5.69 Å². The average molecular weight is 380 g/mol. The highest BCUT2D eigenvalue weighted by Crippen LogP contribution is 2.20. The first-order valence-electron chi connectivity index (χ1n) is 9.47. The normalized spacial score (nSPS) is 14.8. The zero-order chi connectivity index (χ0) is 19.5. The van der Waals surface area contributed by atoms with Gasteiger partial charge in [-0.05, 0) is 37.1 Å². The minimum Gasteiger partial charge on any atom is -0.348 e. The number of halogens is 1. The Labute approximate surface area is 161 Å². The van der Waals surface area contributed by atoms with Crippen LogP contribution in [-0.4, -0.2) is 27.2 Å². The monoisotopic (exact) mass is 380 g/mol. The summed E-state index contributed by atoms with van der Waals surface area (Å²) in [7, 11) is 0. The highest BCUT2D eigenvalue weighted by molar-refractivity contribution is 6.06. The highest BCUT2D eigenvalue weighted by Gasteiger charge is 2.24. The Morgan fingerprint density at radius 2 is 1.75 bits per heavy atom. The smallest absolute Gasteiger partial charge is 0.292 e. The minimum atomic E-state index is -0.581. The van der Waals surface area contributed by atoms with Gasteiger partial charge >= 0.3 is 0 Å². The summed E-state index contributed by atoms with van der Waals surface area (Å²) >= 11 is 0. The number of rotatable bonds is 4. The van der Waals surface area contributed by atoms with Crippen molar-refractivity contribution in [3.8, 4) is 0 Å². The van der Waals surface area contributed by atoms with E-state index in [1.54, 1.807) is 40.9 Å². The van der Waals surface area contributed by atoms with E-state index in [0.29, 0.717) is 5.52 Å². The number of carbonyl (C=O) groups excluding carboxylic acids is 2. The number of imidazole rings is 1. The molecule has 2 N–H and O–H groups in total. The van der Waals surface area contributed by atoms with Gasteiger partial charge in [-0.25, -0.2) is 9.37 Å². The first-order chi connectivity index (χ1) is 13.6. The number of carbonyl (C=O) groups is 2. The van der Waals surface area contributed by atoms with Crippen molar-refractivity contribution in [1.29, 1.82) is 0 Å². The quantitative estimate of drug-likeness (QED) is 0.723. The molecule has 2 amide bonds. The molecule has 0 saturated heterocycles. The maximum atomic E-state index is 13.9. The van der Waals surface area contributed by atoms with E-state index in [-0.39, 0.29) is 29.2 Å². The van der Waals surface area contributed by atoms with E-state index in [2.05, 4.69) is 15.6 Å². The lowest BCUT2D eigenvalue weighted by Gasteiger charge is -2.22. The van der Waals surface area contributed by atoms with Crippen LogP contribution in [0.2, 0.25) is 0 Å². The topological polar surface area (TPSA) is 75.5 Å². The molecule has 0 spiro atoms. The second-order valence-electron chi connectivity index (χ2n) is 6.98. The number of anilines is 1. The molecule has 0 atom stereocenters. The third kappa shape index (κ3) is 3.60. The van der Waals surface area contributed by atoms with E-state index in [9.17, 15) is 14.0 Å². The minimum absolute atomic E-state index is 0.0349. The van der Waals surface area contributed by atoms with Crippen LogP contribution in [0.4, 0.5) is 10.1 Å². The lowest BCUT2D eigenvalue weighted by Crippen LogP contribution is -2.36. The summed E-state index contributed by atoms with van der Waals surface area (Å²) in [5.41, 5.74) is 0.799. The van der Waals surface area contributed by atoms with Gasteiger partial charge in [-0.1, -0.05) is 37.5 Å². The summed E-state index contributed by atoms with van der Waals surface area (Å²) in [6.45, 7) is 0. The van der Waals surface area contributed by atoms with E-state index >= 15 is 0 Å². The van der Waals surface area contributed by atoms with Crippen molar-refractivity contribution >= 4 is 23.0 Å². The van der Waals surface area contributed by atoms with Crippen LogP contribution in [0.1, 0.15) is 53.2 Å². The number of para-hydroxylation sites is 1. The van der Waals surface area contributed by atoms with Gasteiger partial charge in [-0.3, -0.25) is 14.0 Å². The third-order valence-corrected chi connectivity index (χ3v) is 5.03. The predicted molar refractivity (Wildman–Crippen MR) is 104 cm³/mol. The molecule has 144 valence electrons. The van der Waals surface area contributed by atoms with Crippen molar-refractivity contribution in [1.82, 2.24) is 14.7 Å². The molecule has 0 bridgehead atoms. The van der Waals surface area contributed by atoms with E-state index in [4.69, 9.17) is 0 Å². The van der Waals surface area contributed by atoms with Gasteiger partial charge in [0.1, 0.15) is 5.82 Å². The van der Waals surface area contributed by atoms with Crippen LogP contribution in [0.25, 0.3) is 5.52 Å². The Hall–Kier alpha value is -3.22. The van der Waals surface area contributed by atoms with Crippen LogP contribution < -0.4 is 10.6 Å². The number of pyridine rings is 1. The van der Waals surface area contributed by atoms with Crippen LogP contribution >= 0.6 is 0 Å². The number of benzene rings is 1. The van der Waals surface area contributed by atoms with Crippen molar-refractivity contribution in [2.45, 2.75) is 38.1 Å².